The molecule has 0 aliphatic carbocycles. The molecule has 6 rings (SSSR count). The molecule has 14 heteroatoms. The van der Waals surface area contributed by atoms with Crippen molar-refractivity contribution in [2.24, 2.45) is 0 Å². The lowest BCUT2D eigenvalue weighted by Gasteiger charge is -2.31. The van der Waals surface area contributed by atoms with Crippen molar-refractivity contribution in [1.29, 1.82) is 0 Å². The van der Waals surface area contributed by atoms with Gasteiger partial charge in [0.05, 0.1) is 9.35 Å². The van der Waals surface area contributed by atoms with E-state index in [0.29, 0.717) is 44.5 Å². The van der Waals surface area contributed by atoms with Crippen LogP contribution in [0.15, 0.2) is 170 Å². The van der Waals surface area contributed by atoms with Gasteiger partial charge in [-0.1, -0.05) is 106 Å². The van der Waals surface area contributed by atoms with Crippen molar-refractivity contribution in [3.05, 3.63) is 180 Å². The molecule has 0 aliphatic rings. The maximum Gasteiger partial charge on any atom is 0.760 e. The summed E-state index contributed by atoms with van der Waals surface area (Å²) in [5.41, 5.74) is 0. The highest BCUT2D eigenvalue weighted by atomic mass is 35.5. The van der Waals surface area contributed by atoms with E-state index in [1.165, 1.54) is 0 Å². The quantitative estimate of drug-likeness (QED) is 0.0319. The molecule has 0 atom stereocenters. The highest BCUT2D eigenvalue weighted by molar-refractivity contribution is 7.33. The first-order valence-electron chi connectivity index (χ1n) is 16.3. The van der Waals surface area contributed by atoms with Gasteiger partial charge in [0, 0.05) is 14.6 Å². The van der Waals surface area contributed by atoms with E-state index in [9.17, 15) is 4.57 Å². The summed E-state index contributed by atoms with van der Waals surface area (Å²) in [6, 6.07) is 47.5. The van der Waals surface area contributed by atoms with Crippen molar-refractivity contribution in [3.8, 4) is 34.5 Å². The van der Waals surface area contributed by atoms with Crippen LogP contribution >= 0.6 is 31.5 Å². The Balaban J connectivity index is 1.25. The summed E-state index contributed by atoms with van der Waals surface area (Å²) >= 11 is 12.1. The molecule has 0 radical (unpaired) electrons. The number of benzene rings is 6. The van der Waals surface area contributed by atoms with Crippen LogP contribution in [0.4, 0.5) is 0 Å². The molecule has 0 heterocycles. The normalized spacial score (nSPS) is 11.3. The van der Waals surface area contributed by atoms with Crippen LogP contribution in [0.3, 0.4) is 0 Å². The first-order chi connectivity index (χ1) is 26.4. The number of rotatable bonds is 20. The van der Waals surface area contributed by atoms with E-state index in [1.54, 1.807) is 170 Å². The van der Waals surface area contributed by atoms with Gasteiger partial charge in [0.2, 0.25) is 0 Å². The van der Waals surface area contributed by atoms with Gasteiger partial charge in [-0.25, -0.2) is 0 Å². The largest absolute Gasteiger partial charge is 0.760 e. The smallest absolute Gasteiger partial charge is 0.482 e. The Bertz CT molecular complexity index is 1780. The van der Waals surface area contributed by atoms with Crippen molar-refractivity contribution >= 4 is 31.5 Å². The molecule has 0 fully saturated rings. The Kier molecular flexibility index (Phi) is 13.6. The van der Waals surface area contributed by atoms with Crippen LogP contribution in [-0.4, -0.2) is 25.2 Å². The summed E-state index contributed by atoms with van der Waals surface area (Å²) < 4.78 is 60.7. The topological polar surface area (TPSA) is 109 Å². The highest BCUT2D eigenvalue weighted by Crippen LogP contribution is 2.35. The fourth-order valence-electron chi connectivity index (χ4n) is 4.54. The Morgan fingerprint density at radius 1 is 0.389 bits per heavy atom. The van der Waals surface area contributed by atoms with E-state index >= 15 is 0 Å². The molecular formula is C40H32Cl2O11P+. The minimum Gasteiger partial charge on any atom is -0.482 e. The molecule has 11 nitrogen and oxygen atoms in total. The standard InChI is InChI=1S/C40H32Cl2O11P/c41-31-21-25-33(26-22-31)44-29-39(46-35-13-5-1-6-14-35,47-36-15-7-2-8-16-36)50-52-54(43)53-51-40(48-37-17-9-3-10-18-37,49-38-19-11-4-12-20-38)30-45-34-27-23-32(42)24-28-34/h1-28H,29-30H2/q+1. The minimum absolute atomic E-state index is 0.301. The third-order valence-electron chi connectivity index (χ3n) is 6.97. The van der Waals surface area contributed by atoms with E-state index in [-0.39, 0.29) is 0 Å². The van der Waals surface area contributed by atoms with Gasteiger partial charge in [-0.2, -0.15) is 0 Å². The van der Waals surface area contributed by atoms with Crippen molar-refractivity contribution in [1.82, 2.24) is 0 Å². The average molecular weight is 791 g/mol. The Morgan fingerprint density at radius 3 is 0.944 bits per heavy atom. The number of para-hydroxylation sites is 4. The first-order valence-corrected chi connectivity index (χ1v) is 18.1. The predicted molar refractivity (Wildman–Crippen MR) is 200 cm³/mol. The fourth-order valence-corrected chi connectivity index (χ4v) is 5.17. The van der Waals surface area contributed by atoms with Gasteiger partial charge in [0.25, 0.3) is 0 Å². The second-order valence-electron chi connectivity index (χ2n) is 11.1. The molecule has 54 heavy (non-hydrogen) atoms. The number of halogens is 2. The van der Waals surface area contributed by atoms with E-state index < -0.39 is 33.4 Å². The molecule has 276 valence electrons. The average Bonchev–Trinajstić information content (AvgIpc) is 3.20. The molecule has 0 unspecified atom stereocenters. The third-order valence-corrected chi connectivity index (χ3v) is 7.87. The molecule has 6 aromatic carbocycles. The minimum atomic E-state index is -3.31. The molecule has 0 N–H and O–H groups in total. The first kappa shape index (κ1) is 38.4. The molecule has 0 saturated heterocycles. The van der Waals surface area contributed by atoms with Crippen LogP contribution in [0.25, 0.3) is 0 Å². The summed E-state index contributed by atoms with van der Waals surface area (Å²) in [5.74, 6) is -2.44. The molecule has 0 spiro atoms. The molecule has 0 bridgehead atoms. The van der Waals surface area contributed by atoms with Crippen molar-refractivity contribution in [2.45, 2.75) is 11.9 Å². The molecule has 0 aromatic heterocycles. The predicted octanol–water partition coefficient (Wildman–Crippen LogP) is 10.6. The Morgan fingerprint density at radius 2 is 0.667 bits per heavy atom. The van der Waals surface area contributed by atoms with Gasteiger partial charge in [0.1, 0.15) is 34.5 Å². The van der Waals surface area contributed by atoms with Crippen LogP contribution in [0.5, 0.6) is 34.5 Å². The van der Waals surface area contributed by atoms with E-state index in [2.05, 4.69) is 0 Å². The Hall–Kier alpha value is -5.36. The zero-order valence-electron chi connectivity index (χ0n) is 28.3. The van der Waals surface area contributed by atoms with Gasteiger partial charge in [-0.05, 0) is 97.1 Å². The van der Waals surface area contributed by atoms with Crippen LogP contribution in [0.1, 0.15) is 0 Å². The van der Waals surface area contributed by atoms with E-state index in [1.807, 2.05) is 0 Å². The SMILES string of the molecule is O=[P+](OOC(COc1ccc(Cl)cc1)(Oc1ccccc1)Oc1ccccc1)OOC(COc1ccc(Cl)cc1)(Oc1ccccc1)Oc1ccccc1. The molecular weight excluding hydrogens is 758 g/mol. The van der Waals surface area contributed by atoms with Gasteiger partial charge in [-0.3, -0.25) is 0 Å². The van der Waals surface area contributed by atoms with Crippen LogP contribution in [0.2, 0.25) is 10.0 Å². The Labute approximate surface area is 322 Å². The second-order valence-corrected chi connectivity index (χ2v) is 12.7. The van der Waals surface area contributed by atoms with E-state index in [4.69, 9.17) is 70.7 Å². The highest BCUT2D eigenvalue weighted by Gasteiger charge is 2.48. The van der Waals surface area contributed by atoms with Crippen molar-refractivity contribution in [2.75, 3.05) is 13.2 Å². The molecule has 0 amide bonds. The summed E-state index contributed by atoms with van der Waals surface area (Å²) in [7, 11) is -3.31. The van der Waals surface area contributed by atoms with Gasteiger partial charge in [-0.15, -0.1) is 0 Å². The van der Waals surface area contributed by atoms with Gasteiger partial charge < -0.3 is 28.4 Å². The summed E-state index contributed by atoms with van der Waals surface area (Å²) in [4.78, 5) is 11.4. The van der Waals surface area contributed by atoms with Crippen molar-refractivity contribution < 1.29 is 52.1 Å². The third kappa shape index (κ3) is 11.8. The molecule has 0 saturated carbocycles. The lowest BCUT2D eigenvalue weighted by Crippen LogP contribution is -2.51. The van der Waals surface area contributed by atoms with E-state index in [0.717, 1.165) is 0 Å². The lowest BCUT2D eigenvalue weighted by atomic mass is 10.3. The van der Waals surface area contributed by atoms with Crippen LogP contribution in [0, 0.1) is 0 Å². The van der Waals surface area contributed by atoms with Gasteiger partial charge in [0.15, 0.2) is 13.2 Å². The summed E-state index contributed by atoms with van der Waals surface area (Å²) in [5, 5.41) is 1.01. The lowest BCUT2D eigenvalue weighted by molar-refractivity contribution is -0.456. The van der Waals surface area contributed by atoms with Crippen LogP contribution < -0.4 is 28.4 Å². The monoisotopic (exact) mass is 789 g/mol. The summed E-state index contributed by atoms with van der Waals surface area (Å²) in [6.07, 6.45) is 0. The fraction of sp³-hybridized carbons (Fsp3) is 0.100. The van der Waals surface area contributed by atoms with Crippen LogP contribution in [-0.2, 0) is 23.7 Å². The molecule has 6 aromatic rings. The maximum absolute atomic E-state index is 13.5. The summed E-state index contributed by atoms with van der Waals surface area (Å²) in [6.45, 7) is -0.898. The maximum atomic E-state index is 13.5. The zero-order chi connectivity index (χ0) is 37.5. The number of hydrogen-bond donors (Lipinski definition) is 0. The number of hydrogen-bond acceptors (Lipinski definition) is 11. The van der Waals surface area contributed by atoms with Crippen molar-refractivity contribution in [3.63, 3.8) is 0 Å². The molecule has 0 aliphatic heterocycles. The van der Waals surface area contributed by atoms with Gasteiger partial charge >= 0.3 is 20.2 Å². The number of ether oxygens (including phenoxy) is 6. The zero-order valence-corrected chi connectivity index (χ0v) is 30.7. The second kappa shape index (κ2) is 19.1.